The second-order valence-corrected chi connectivity index (χ2v) is 4.62. The van der Waals surface area contributed by atoms with Gasteiger partial charge in [-0.25, -0.2) is 4.98 Å². The summed E-state index contributed by atoms with van der Waals surface area (Å²) in [6, 6.07) is 2.15. The van der Waals surface area contributed by atoms with E-state index in [1.54, 1.807) is 18.4 Å². The molecule has 16 heavy (non-hydrogen) atoms. The van der Waals surface area contributed by atoms with Crippen molar-refractivity contribution in [2.24, 2.45) is 0 Å². The summed E-state index contributed by atoms with van der Waals surface area (Å²) in [5.74, 6) is 0.983. The van der Waals surface area contributed by atoms with Gasteiger partial charge in [0.15, 0.2) is 0 Å². The van der Waals surface area contributed by atoms with E-state index in [1.807, 2.05) is 5.51 Å². The third-order valence-electron chi connectivity index (χ3n) is 2.94. The van der Waals surface area contributed by atoms with Crippen LogP contribution in [0.5, 0.6) is 5.75 Å². The highest BCUT2D eigenvalue weighted by molar-refractivity contribution is 7.07. The zero-order chi connectivity index (χ0) is 11.7. The van der Waals surface area contributed by atoms with Gasteiger partial charge in [0.25, 0.3) is 0 Å². The second-order valence-electron chi connectivity index (χ2n) is 3.90. The number of methoxy groups -OCH3 is 1. The molecule has 0 bridgehead atoms. The molecule has 0 fully saturated rings. The lowest BCUT2D eigenvalue weighted by Crippen LogP contribution is -1.96. The zero-order valence-electron chi connectivity index (χ0n) is 10.00. The summed E-state index contributed by atoms with van der Waals surface area (Å²) in [6.07, 6.45) is 0. The van der Waals surface area contributed by atoms with Gasteiger partial charge in [-0.3, -0.25) is 0 Å². The Hall–Kier alpha value is -1.35. The van der Waals surface area contributed by atoms with E-state index < -0.39 is 0 Å². The number of nitrogens with zero attached hydrogens (tertiary/aromatic N) is 1. The van der Waals surface area contributed by atoms with Crippen LogP contribution in [0.2, 0.25) is 0 Å². The lowest BCUT2D eigenvalue weighted by atomic mass is 9.97. The SMILES string of the molecule is COc1c(C)cc(-c2cscn2)c(C)c1C. The van der Waals surface area contributed by atoms with Crippen LogP contribution in [-0.4, -0.2) is 12.1 Å². The Morgan fingerprint density at radius 2 is 1.94 bits per heavy atom. The maximum absolute atomic E-state index is 5.41. The van der Waals surface area contributed by atoms with Gasteiger partial charge in [0.2, 0.25) is 0 Å². The molecule has 2 nitrogen and oxygen atoms in total. The van der Waals surface area contributed by atoms with Crippen molar-refractivity contribution in [3.63, 3.8) is 0 Å². The predicted octanol–water partition coefficient (Wildman–Crippen LogP) is 3.74. The Morgan fingerprint density at radius 1 is 1.19 bits per heavy atom. The molecule has 0 aliphatic heterocycles. The molecule has 84 valence electrons. The van der Waals surface area contributed by atoms with Gasteiger partial charge in [0.1, 0.15) is 5.75 Å². The van der Waals surface area contributed by atoms with E-state index in [9.17, 15) is 0 Å². The fraction of sp³-hybridized carbons (Fsp3) is 0.308. The maximum Gasteiger partial charge on any atom is 0.124 e. The summed E-state index contributed by atoms with van der Waals surface area (Å²) in [6.45, 7) is 6.28. The smallest absolute Gasteiger partial charge is 0.124 e. The van der Waals surface area contributed by atoms with Gasteiger partial charge in [0, 0.05) is 10.9 Å². The average Bonchev–Trinajstić information content (AvgIpc) is 2.77. The van der Waals surface area contributed by atoms with Crippen LogP contribution in [0.15, 0.2) is 17.0 Å². The van der Waals surface area contributed by atoms with E-state index in [0.29, 0.717) is 0 Å². The summed E-state index contributed by atoms with van der Waals surface area (Å²) in [5, 5.41) is 2.08. The van der Waals surface area contributed by atoms with Crippen molar-refractivity contribution < 1.29 is 4.74 Å². The third-order valence-corrected chi connectivity index (χ3v) is 3.52. The number of aromatic nitrogens is 1. The summed E-state index contributed by atoms with van der Waals surface area (Å²) in [7, 11) is 1.72. The molecule has 0 aliphatic rings. The fourth-order valence-corrected chi connectivity index (χ4v) is 2.54. The summed E-state index contributed by atoms with van der Waals surface area (Å²) < 4.78 is 5.41. The van der Waals surface area contributed by atoms with E-state index in [-0.39, 0.29) is 0 Å². The quantitative estimate of drug-likeness (QED) is 0.788. The third kappa shape index (κ3) is 1.71. The van der Waals surface area contributed by atoms with E-state index in [4.69, 9.17) is 4.74 Å². The average molecular weight is 233 g/mol. The van der Waals surface area contributed by atoms with Gasteiger partial charge < -0.3 is 4.74 Å². The molecule has 1 heterocycles. The summed E-state index contributed by atoms with van der Waals surface area (Å²) in [5.41, 5.74) is 7.73. The van der Waals surface area contributed by atoms with Crippen molar-refractivity contribution in [1.29, 1.82) is 0 Å². The van der Waals surface area contributed by atoms with Crippen LogP contribution in [0, 0.1) is 20.8 Å². The Morgan fingerprint density at radius 3 is 2.50 bits per heavy atom. The molecule has 0 atom stereocenters. The molecule has 3 heteroatoms. The van der Waals surface area contributed by atoms with Crippen LogP contribution in [0.4, 0.5) is 0 Å². The predicted molar refractivity (Wildman–Crippen MR) is 68.3 cm³/mol. The van der Waals surface area contributed by atoms with E-state index in [0.717, 1.165) is 17.0 Å². The molecule has 0 spiro atoms. The topological polar surface area (TPSA) is 22.1 Å². The molecular formula is C13H15NOS. The van der Waals surface area contributed by atoms with Gasteiger partial charge in [-0.1, -0.05) is 0 Å². The number of rotatable bonds is 2. The molecule has 1 aromatic heterocycles. The zero-order valence-corrected chi connectivity index (χ0v) is 10.8. The van der Waals surface area contributed by atoms with Gasteiger partial charge >= 0.3 is 0 Å². The molecule has 0 aliphatic carbocycles. The van der Waals surface area contributed by atoms with E-state index in [2.05, 4.69) is 37.2 Å². The molecule has 0 saturated carbocycles. The van der Waals surface area contributed by atoms with Crippen molar-refractivity contribution >= 4 is 11.3 Å². The number of benzene rings is 1. The highest BCUT2D eigenvalue weighted by Crippen LogP contribution is 2.33. The molecule has 0 N–H and O–H groups in total. The van der Waals surface area contributed by atoms with Crippen molar-refractivity contribution in [3.05, 3.63) is 33.6 Å². The van der Waals surface area contributed by atoms with Crippen LogP contribution >= 0.6 is 11.3 Å². The highest BCUT2D eigenvalue weighted by atomic mass is 32.1. The van der Waals surface area contributed by atoms with Crippen LogP contribution in [-0.2, 0) is 0 Å². The minimum absolute atomic E-state index is 0.983. The molecule has 0 unspecified atom stereocenters. The first-order chi connectivity index (χ1) is 7.65. The van der Waals surface area contributed by atoms with Crippen molar-refractivity contribution in [3.8, 4) is 17.0 Å². The largest absolute Gasteiger partial charge is 0.496 e. The number of hydrogen-bond donors (Lipinski definition) is 0. The Kier molecular flexibility index (Phi) is 2.97. The van der Waals surface area contributed by atoms with Gasteiger partial charge in [-0.05, 0) is 43.5 Å². The van der Waals surface area contributed by atoms with Gasteiger partial charge in [-0.15, -0.1) is 11.3 Å². The Balaban J connectivity index is 2.66. The first kappa shape index (κ1) is 11.1. The van der Waals surface area contributed by atoms with Crippen molar-refractivity contribution in [1.82, 2.24) is 4.98 Å². The first-order valence-corrected chi connectivity index (χ1v) is 6.12. The fourth-order valence-electron chi connectivity index (χ4n) is 1.98. The first-order valence-electron chi connectivity index (χ1n) is 5.18. The van der Waals surface area contributed by atoms with Crippen molar-refractivity contribution in [2.75, 3.05) is 7.11 Å². The molecule has 1 aromatic carbocycles. The van der Waals surface area contributed by atoms with Crippen LogP contribution < -0.4 is 4.74 Å². The van der Waals surface area contributed by atoms with Gasteiger partial charge in [-0.2, -0.15) is 0 Å². The summed E-state index contributed by atoms with van der Waals surface area (Å²) in [4.78, 5) is 4.36. The molecular weight excluding hydrogens is 218 g/mol. The molecule has 0 amide bonds. The lowest BCUT2D eigenvalue weighted by molar-refractivity contribution is 0.408. The number of hydrogen-bond acceptors (Lipinski definition) is 3. The van der Waals surface area contributed by atoms with Crippen LogP contribution in [0.3, 0.4) is 0 Å². The van der Waals surface area contributed by atoms with E-state index in [1.165, 1.54) is 16.7 Å². The number of ether oxygens (including phenoxy) is 1. The molecule has 2 rings (SSSR count). The monoisotopic (exact) mass is 233 g/mol. The number of thiazole rings is 1. The van der Waals surface area contributed by atoms with Crippen LogP contribution in [0.25, 0.3) is 11.3 Å². The van der Waals surface area contributed by atoms with Crippen LogP contribution in [0.1, 0.15) is 16.7 Å². The summed E-state index contributed by atoms with van der Waals surface area (Å²) >= 11 is 1.62. The van der Waals surface area contributed by atoms with E-state index >= 15 is 0 Å². The highest BCUT2D eigenvalue weighted by Gasteiger charge is 2.12. The minimum atomic E-state index is 0.983. The maximum atomic E-state index is 5.41. The van der Waals surface area contributed by atoms with Gasteiger partial charge in [0.05, 0.1) is 18.3 Å². The standard InChI is InChI=1S/C13H15NOS/c1-8-5-11(12-6-16-7-14-12)9(2)10(3)13(8)15-4/h5-7H,1-4H3. The normalized spacial score (nSPS) is 10.5. The number of aryl methyl sites for hydroxylation is 1. The van der Waals surface area contributed by atoms with Crippen molar-refractivity contribution in [2.45, 2.75) is 20.8 Å². The second kappa shape index (κ2) is 4.26. The Bertz CT molecular complexity index is 503. The Labute approximate surface area is 99.9 Å². The molecule has 0 saturated heterocycles. The molecule has 2 aromatic rings. The minimum Gasteiger partial charge on any atom is -0.496 e. The lowest BCUT2D eigenvalue weighted by Gasteiger charge is -2.14. The molecule has 0 radical (unpaired) electrons.